The third-order valence-electron chi connectivity index (χ3n) is 7.32. The standard InChI is InChI=1S/C34H50N4.Ag.2ClH/c1-24(2)29-14-11-15-30(25(3)4)33(29)36-19-21-38(23-28-13-9-10-18-35-28)22-20-37-34-31(26(5)6)16-12-17-32(34)27(7)8;;;/h9-18,24-27,36-37H,19-23H2,1-8H3;;2*1H/p-2. The van der Waals surface area contributed by atoms with Crippen LogP contribution in [-0.2, 0) is 28.9 Å². The number of benzene rings is 2. The summed E-state index contributed by atoms with van der Waals surface area (Å²) in [6, 6.07) is 19.7. The molecule has 0 saturated carbocycles. The van der Waals surface area contributed by atoms with E-state index in [2.05, 4.69) is 124 Å². The van der Waals surface area contributed by atoms with E-state index in [1.54, 1.807) is 0 Å². The molecule has 0 fully saturated rings. The number of para-hydroxylation sites is 2. The molecule has 233 valence electrons. The fourth-order valence-electron chi connectivity index (χ4n) is 5.18. The third-order valence-corrected chi connectivity index (χ3v) is 7.32. The van der Waals surface area contributed by atoms with Crippen molar-refractivity contribution in [1.82, 2.24) is 9.88 Å². The van der Waals surface area contributed by atoms with E-state index in [9.17, 15) is 0 Å². The Morgan fingerprint density at radius 1 is 0.585 bits per heavy atom. The molecule has 0 aliphatic rings. The smallest absolute Gasteiger partial charge is 0.0543 e. The first-order chi connectivity index (χ1) is 18.2. The number of hydrogen-bond acceptors (Lipinski definition) is 4. The minimum Gasteiger partial charge on any atom is -1.00 e. The van der Waals surface area contributed by atoms with Crippen LogP contribution in [0.2, 0.25) is 0 Å². The molecule has 3 aromatic rings. The van der Waals surface area contributed by atoms with Gasteiger partial charge >= 0.3 is 0 Å². The summed E-state index contributed by atoms with van der Waals surface area (Å²) in [7, 11) is 0. The molecule has 2 N–H and O–H groups in total. The minimum absolute atomic E-state index is 0. The van der Waals surface area contributed by atoms with Gasteiger partial charge in [0.25, 0.3) is 0 Å². The SMILES string of the molecule is CC(C)c1cccc(C(C)C)c1NCCN(CCNc1c(C(C)C)cccc1C(C)C)Cc1ccccn1.[Ag].[Cl-].[Cl-]. The van der Waals surface area contributed by atoms with Gasteiger partial charge in [0.15, 0.2) is 0 Å². The van der Waals surface area contributed by atoms with Crippen molar-refractivity contribution in [3.8, 4) is 0 Å². The minimum atomic E-state index is 0. The normalized spacial score (nSPS) is 11.0. The summed E-state index contributed by atoms with van der Waals surface area (Å²) >= 11 is 0. The Bertz CT molecular complexity index is 1010. The van der Waals surface area contributed by atoms with Crippen molar-refractivity contribution in [2.45, 2.75) is 85.6 Å². The van der Waals surface area contributed by atoms with Gasteiger partial charge in [0, 0.05) is 72.7 Å². The first kappa shape index (κ1) is 39.5. The van der Waals surface area contributed by atoms with Gasteiger partial charge in [-0.2, -0.15) is 0 Å². The first-order valence-corrected chi connectivity index (χ1v) is 14.5. The molecule has 1 aromatic heterocycles. The van der Waals surface area contributed by atoms with Crippen LogP contribution in [0.1, 0.15) is 107 Å². The molecule has 0 atom stereocenters. The monoisotopic (exact) mass is 691 g/mol. The summed E-state index contributed by atoms with van der Waals surface area (Å²) < 4.78 is 0. The number of pyridine rings is 1. The Morgan fingerprint density at radius 3 is 1.29 bits per heavy atom. The number of aromatic nitrogens is 1. The summed E-state index contributed by atoms with van der Waals surface area (Å²) in [5.41, 5.74) is 9.37. The van der Waals surface area contributed by atoms with Gasteiger partial charge in [-0.25, -0.2) is 0 Å². The van der Waals surface area contributed by atoms with E-state index in [1.807, 2.05) is 12.3 Å². The largest absolute Gasteiger partial charge is 1.00 e. The molecule has 0 saturated heterocycles. The number of rotatable bonds is 14. The first-order valence-electron chi connectivity index (χ1n) is 14.5. The van der Waals surface area contributed by atoms with E-state index in [0.717, 1.165) is 38.4 Å². The Kier molecular flexibility index (Phi) is 18.9. The number of nitrogens with one attached hydrogen (secondary N) is 2. The molecule has 0 aliphatic carbocycles. The van der Waals surface area contributed by atoms with Crippen LogP contribution in [0.4, 0.5) is 11.4 Å². The third kappa shape index (κ3) is 11.6. The van der Waals surface area contributed by atoms with E-state index in [0.29, 0.717) is 23.7 Å². The van der Waals surface area contributed by atoms with Crippen molar-refractivity contribution in [3.05, 3.63) is 88.7 Å². The molecule has 4 nitrogen and oxygen atoms in total. The van der Waals surface area contributed by atoms with E-state index < -0.39 is 0 Å². The zero-order valence-corrected chi connectivity index (χ0v) is 29.1. The second-order valence-corrected chi connectivity index (χ2v) is 11.7. The summed E-state index contributed by atoms with van der Waals surface area (Å²) in [6.07, 6.45) is 1.89. The van der Waals surface area contributed by atoms with Crippen molar-refractivity contribution in [1.29, 1.82) is 0 Å². The average Bonchev–Trinajstić information content (AvgIpc) is 2.88. The predicted molar refractivity (Wildman–Crippen MR) is 166 cm³/mol. The Balaban J connectivity index is 0.00000533. The number of hydrogen-bond donors (Lipinski definition) is 2. The summed E-state index contributed by atoms with van der Waals surface area (Å²) in [6.45, 7) is 22.8. The summed E-state index contributed by atoms with van der Waals surface area (Å²) in [5.74, 6) is 1.95. The van der Waals surface area contributed by atoms with Gasteiger partial charge in [-0.15, -0.1) is 0 Å². The molecule has 0 unspecified atom stereocenters. The maximum Gasteiger partial charge on any atom is 0.0543 e. The average molecular weight is 694 g/mol. The van der Waals surface area contributed by atoms with Crippen LogP contribution < -0.4 is 35.4 Å². The Hall–Kier alpha value is -1.53. The second kappa shape index (κ2) is 19.6. The van der Waals surface area contributed by atoms with Crippen LogP contribution in [-0.4, -0.2) is 36.1 Å². The van der Waals surface area contributed by atoms with Crippen molar-refractivity contribution in [3.63, 3.8) is 0 Å². The van der Waals surface area contributed by atoms with Crippen LogP contribution >= 0.6 is 0 Å². The van der Waals surface area contributed by atoms with Crippen LogP contribution in [0.15, 0.2) is 60.8 Å². The molecular weight excluding hydrogens is 643 g/mol. The fraction of sp³-hybridized carbons (Fsp3) is 0.500. The van der Waals surface area contributed by atoms with E-state index in [1.165, 1.54) is 33.6 Å². The zero-order valence-electron chi connectivity index (χ0n) is 26.1. The van der Waals surface area contributed by atoms with Gasteiger partial charge in [-0.3, -0.25) is 9.88 Å². The number of halogens is 2. The van der Waals surface area contributed by atoms with Crippen LogP contribution in [0.5, 0.6) is 0 Å². The number of anilines is 2. The van der Waals surface area contributed by atoms with Gasteiger partial charge in [-0.1, -0.05) is 97.9 Å². The molecule has 0 spiro atoms. The molecule has 7 heteroatoms. The predicted octanol–water partition coefficient (Wildman–Crippen LogP) is 2.61. The molecule has 2 aromatic carbocycles. The maximum absolute atomic E-state index is 4.62. The van der Waals surface area contributed by atoms with Crippen molar-refractivity contribution in [2.75, 3.05) is 36.8 Å². The summed E-state index contributed by atoms with van der Waals surface area (Å²) in [5, 5.41) is 7.67. The second-order valence-electron chi connectivity index (χ2n) is 11.7. The molecule has 1 radical (unpaired) electrons. The topological polar surface area (TPSA) is 40.2 Å². The zero-order chi connectivity index (χ0) is 27.7. The molecule has 1 heterocycles. The van der Waals surface area contributed by atoms with Crippen LogP contribution in [0.25, 0.3) is 0 Å². The van der Waals surface area contributed by atoms with Crippen LogP contribution in [0, 0.1) is 0 Å². The van der Waals surface area contributed by atoms with Crippen molar-refractivity contribution >= 4 is 11.4 Å². The van der Waals surface area contributed by atoms with Gasteiger partial charge in [0.1, 0.15) is 0 Å². The van der Waals surface area contributed by atoms with Crippen molar-refractivity contribution < 1.29 is 47.2 Å². The summed E-state index contributed by atoms with van der Waals surface area (Å²) in [4.78, 5) is 7.13. The molecule has 41 heavy (non-hydrogen) atoms. The fourth-order valence-corrected chi connectivity index (χ4v) is 5.18. The van der Waals surface area contributed by atoms with Gasteiger partial charge in [0.05, 0.1) is 5.69 Å². The van der Waals surface area contributed by atoms with E-state index in [-0.39, 0.29) is 47.2 Å². The molecule has 3 rings (SSSR count). The molecular formula is C34H50AgCl2N4-2. The van der Waals surface area contributed by atoms with Gasteiger partial charge in [-0.05, 0) is 58.1 Å². The molecule has 0 aliphatic heterocycles. The number of nitrogens with zero attached hydrogens (tertiary/aromatic N) is 2. The quantitative estimate of drug-likeness (QED) is 0.255. The van der Waals surface area contributed by atoms with Crippen molar-refractivity contribution in [2.24, 2.45) is 0 Å². The van der Waals surface area contributed by atoms with E-state index in [4.69, 9.17) is 0 Å². The van der Waals surface area contributed by atoms with Gasteiger partial charge in [0.2, 0.25) is 0 Å². The van der Waals surface area contributed by atoms with Crippen LogP contribution in [0.3, 0.4) is 0 Å². The van der Waals surface area contributed by atoms with E-state index >= 15 is 0 Å². The molecule has 0 bridgehead atoms. The Labute approximate surface area is 278 Å². The Morgan fingerprint density at radius 2 is 0.976 bits per heavy atom. The maximum atomic E-state index is 4.62. The van der Waals surface area contributed by atoms with Gasteiger partial charge < -0.3 is 35.4 Å². The molecule has 0 amide bonds.